The maximum absolute atomic E-state index is 12.4. The number of nitrogens with zero attached hydrogens (tertiary/aromatic N) is 1. The van der Waals surface area contributed by atoms with Crippen LogP contribution in [0.5, 0.6) is 0 Å². The average molecular weight is 307 g/mol. The fourth-order valence-corrected chi connectivity index (χ4v) is 4.14. The summed E-state index contributed by atoms with van der Waals surface area (Å²) in [4.78, 5) is 1.88. The van der Waals surface area contributed by atoms with Crippen molar-refractivity contribution < 1.29 is 21.6 Å². The molecule has 0 aromatic heterocycles. The zero-order chi connectivity index (χ0) is 15.0. The van der Waals surface area contributed by atoms with Crippen molar-refractivity contribution >= 4 is 9.84 Å². The molecule has 1 fully saturated rings. The Kier molecular flexibility index (Phi) is 4.11. The van der Waals surface area contributed by atoms with Gasteiger partial charge in [0.25, 0.3) is 0 Å². The van der Waals surface area contributed by atoms with E-state index in [-0.39, 0.29) is 17.5 Å². The average Bonchev–Trinajstić information content (AvgIpc) is 2.69. The topological polar surface area (TPSA) is 37.4 Å². The maximum atomic E-state index is 12.4. The second kappa shape index (κ2) is 5.37. The first-order chi connectivity index (χ1) is 9.17. The van der Waals surface area contributed by atoms with E-state index in [0.29, 0.717) is 13.0 Å². The third-order valence-electron chi connectivity index (χ3n) is 3.54. The van der Waals surface area contributed by atoms with Crippen LogP contribution in [0.1, 0.15) is 17.5 Å². The van der Waals surface area contributed by atoms with E-state index in [1.165, 1.54) is 12.1 Å². The summed E-state index contributed by atoms with van der Waals surface area (Å²) in [6.45, 7) is 0.443. The van der Waals surface area contributed by atoms with E-state index in [9.17, 15) is 21.6 Å². The molecule has 1 atom stereocenters. The number of benzene rings is 1. The van der Waals surface area contributed by atoms with E-state index in [1.807, 2.05) is 4.90 Å². The second-order valence-electron chi connectivity index (χ2n) is 5.17. The highest BCUT2D eigenvalue weighted by atomic mass is 32.2. The third-order valence-corrected chi connectivity index (χ3v) is 5.30. The molecule has 1 aromatic carbocycles. The van der Waals surface area contributed by atoms with Crippen LogP contribution in [0.4, 0.5) is 13.2 Å². The molecule has 1 heterocycles. The summed E-state index contributed by atoms with van der Waals surface area (Å²) in [5.74, 6) is 0.319. The largest absolute Gasteiger partial charge is 0.416 e. The Bertz CT molecular complexity index is 566. The van der Waals surface area contributed by atoms with Crippen LogP contribution in [0.25, 0.3) is 0 Å². The van der Waals surface area contributed by atoms with Crippen LogP contribution in [0, 0.1) is 0 Å². The number of alkyl halides is 3. The first-order valence-electron chi connectivity index (χ1n) is 6.24. The SMILES string of the molecule is CN(Cc1ccc(C(F)(F)F)cc1)[C@H]1CCS(=O)(=O)C1. The lowest BCUT2D eigenvalue weighted by Crippen LogP contribution is -2.32. The minimum atomic E-state index is -4.33. The van der Waals surface area contributed by atoms with E-state index >= 15 is 0 Å². The molecule has 0 amide bonds. The lowest BCUT2D eigenvalue weighted by atomic mass is 10.1. The summed E-state index contributed by atoms with van der Waals surface area (Å²) in [7, 11) is -1.15. The number of hydrogen-bond acceptors (Lipinski definition) is 3. The van der Waals surface area contributed by atoms with Crippen molar-refractivity contribution in [1.29, 1.82) is 0 Å². The molecule has 112 valence electrons. The van der Waals surface area contributed by atoms with Crippen LogP contribution < -0.4 is 0 Å². The van der Waals surface area contributed by atoms with E-state index in [4.69, 9.17) is 0 Å². The van der Waals surface area contributed by atoms with E-state index in [1.54, 1.807) is 7.05 Å². The Balaban J connectivity index is 2.00. The predicted molar refractivity (Wildman–Crippen MR) is 70.0 cm³/mol. The van der Waals surface area contributed by atoms with Gasteiger partial charge < -0.3 is 0 Å². The van der Waals surface area contributed by atoms with Crippen molar-refractivity contribution in [3.05, 3.63) is 35.4 Å². The Morgan fingerprint density at radius 2 is 1.85 bits per heavy atom. The van der Waals surface area contributed by atoms with Crippen LogP contribution >= 0.6 is 0 Å². The van der Waals surface area contributed by atoms with Gasteiger partial charge in [-0.05, 0) is 31.2 Å². The lowest BCUT2D eigenvalue weighted by molar-refractivity contribution is -0.137. The summed E-state index contributed by atoms with van der Waals surface area (Å²) in [6.07, 6.45) is -3.75. The summed E-state index contributed by atoms with van der Waals surface area (Å²) in [5, 5.41) is 0. The molecule has 20 heavy (non-hydrogen) atoms. The Morgan fingerprint density at radius 1 is 1.25 bits per heavy atom. The molecule has 0 radical (unpaired) electrons. The van der Waals surface area contributed by atoms with Gasteiger partial charge in [0.05, 0.1) is 17.1 Å². The normalized spacial score (nSPS) is 22.4. The van der Waals surface area contributed by atoms with E-state index < -0.39 is 21.6 Å². The Labute approximate surface area is 116 Å². The molecular formula is C13H16F3NO2S. The van der Waals surface area contributed by atoms with Gasteiger partial charge in [-0.2, -0.15) is 13.2 Å². The molecule has 1 aliphatic heterocycles. The zero-order valence-electron chi connectivity index (χ0n) is 11.0. The van der Waals surface area contributed by atoms with Crippen molar-refractivity contribution in [2.24, 2.45) is 0 Å². The molecule has 7 heteroatoms. The number of halogens is 3. The summed E-state index contributed by atoms with van der Waals surface area (Å²) in [5.41, 5.74) is 0.0668. The van der Waals surface area contributed by atoms with Gasteiger partial charge in [0.1, 0.15) is 0 Å². The molecule has 0 bridgehead atoms. The highest BCUT2D eigenvalue weighted by Crippen LogP contribution is 2.29. The van der Waals surface area contributed by atoms with Gasteiger partial charge in [-0.15, -0.1) is 0 Å². The highest BCUT2D eigenvalue weighted by molar-refractivity contribution is 7.91. The molecule has 1 aliphatic rings. The predicted octanol–water partition coefficient (Wildman–Crippen LogP) is 2.32. The van der Waals surface area contributed by atoms with Crippen LogP contribution in [-0.4, -0.2) is 37.9 Å². The third kappa shape index (κ3) is 3.73. The number of rotatable bonds is 3. The second-order valence-corrected chi connectivity index (χ2v) is 7.40. The van der Waals surface area contributed by atoms with Gasteiger partial charge in [0.15, 0.2) is 9.84 Å². The van der Waals surface area contributed by atoms with Gasteiger partial charge in [-0.1, -0.05) is 12.1 Å². The molecule has 0 spiro atoms. The number of sulfone groups is 1. The molecule has 3 nitrogen and oxygen atoms in total. The van der Waals surface area contributed by atoms with Crippen molar-refractivity contribution in [2.45, 2.75) is 25.2 Å². The van der Waals surface area contributed by atoms with Crippen molar-refractivity contribution in [3.8, 4) is 0 Å². The van der Waals surface area contributed by atoms with Gasteiger partial charge in [-0.3, -0.25) is 4.90 Å². The molecule has 0 N–H and O–H groups in total. The minimum Gasteiger partial charge on any atom is -0.298 e. The minimum absolute atomic E-state index is 0.0534. The quantitative estimate of drug-likeness (QED) is 0.860. The smallest absolute Gasteiger partial charge is 0.298 e. The molecule has 1 saturated heterocycles. The Morgan fingerprint density at radius 3 is 2.30 bits per heavy atom. The molecule has 0 unspecified atom stereocenters. The van der Waals surface area contributed by atoms with E-state index in [0.717, 1.165) is 17.7 Å². The van der Waals surface area contributed by atoms with E-state index in [2.05, 4.69) is 0 Å². The molecule has 2 rings (SSSR count). The summed E-state index contributed by atoms with van der Waals surface area (Å²) < 4.78 is 60.1. The van der Waals surface area contributed by atoms with Gasteiger partial charge in [-0.25, -0.2) is 8.42 Å². The van der Waals surface area contributed by atoms with Crippen molar-refractivity contribution in [3.63, 3.8) is 0 Å². The molecule has 1 aromatic rings. The monoisotopic (exact) mass is 307 g/mol. The summed E-state index contributed by atoms with van der Waals surface area (Å²) in [6, 6.07) is 4.91. The van der Waals surface area contributed by atoms with Gasteiger partial charge in [0.2, 0.25) is 0 Å². The Hall–Kier alpha value is -1.08. The molecule has 0 aliphatic carbocycles. The first kappa shape index (κ1) is 15.3. The van der Waals surface area contributed by atoms with Crippen LogP contribution in [0.3, 0.4) is 0 Å². The number of hydrogen-bond donors (Lipinski definition) is 0. The highest BCUT2D eigenvalue weighted by Gasteiger charge is 2.31. The van der Waals surface area contributed by atoms with Crippen molar-refractivity contribution in [1.82, 2.24) is 4.90 Å². The zero-order valence-corrected chi connectivity index (χ0v) is 11.8. The molecule has 0 saturated carbocycles. The lowest BCUT2D eigenvalue weighted by Gasteiger charge is -2.23. The first-order valence-corrected chi connectivity index (χ1v) is 8.06. The van der Waals surface area contributed by atoms with Gasteiger partial charge in [0, 0.05) is 12.6 Å². The van der Waals surface area contributed by atoms with Crippen molar-refractivity contribution in [2.75, 3.05) is 18.6 Å². The summed E-state index contributed by atoms with van der Waals surface area (Å²) >= 11 is 0. The standard InChI is InChI=1S/C13H16F3NO2S/c1-17(12-6-7-20(18,19)9-12)8-10-2-4-11(5-3-10)13(14,15)16/h2-5,12H,6-9H2,1H3/t12-/m0/s1. The maximum Gasteiger partial charge on any atom is 0.416 e. The van der Waals surface area contributed by atoms with Crippen LogP contribution in [-0.2, 0) is 22.6 Å². The van der Waals surface area contributed by atoms with Crippen LogP contribution in [0.2, 0.25) is 0 Å². The molecular weight excluding hydrogens is 291 g/mol. The van der Waals surface area contributed by atoms with Crippen LogP contribution in [0.15, 0.2) is 24.3 Å². The fourth-order valence-electron chi connectivity index (χ4n) is 2.34. The fraction of sp³-hybridized carbons (Fsp3) is 0.538. The van der Waals surface area contributed by atoms with Gasteiger partial charge >= 0.3 is 6.18 Å².